The van der Waals surface area contributed by atoms with E-state index in [9.17, 15) is 5.11 Å². The van der Waals surface area contributed by atoms with E-state index in [4.69, 9.17) is 4.74 Å². The van der Waals surface area contributed by atoms with Crippen LogP contribution in [-0.2, 0) is 13.0 Å². The van der Waals surface area contributed by atoms with Crippen LogP contribution in [0, 0.1) is 6.92 Å². The first-order valence-corrected chi connectivity index (χ1v) is 8.80. The topological polar surface area (TPSA) is 78.8 Å². The molecular weight excluding hydrogens is 324 g/mol. The molecule has 24 heavy (non-hydrogen) atoms. The number of nitrogens with one attached hydrogen (secondary N) is 2. The van der Waals surface area contributed by atoms with Crippen LogP contribution in [0.5, 0.6) is 11.5 Å². The summed E-state index contributed by atoms with van der Waals surface area (Å²) >= 11 is 1.66. The number of para-hydroxylation sites is 1. The maximum atomic E-state index is 10.1. The molecule has 0 saturated heterocycles. The molecule has 3 N–H and O–H groups in total. The predicted octanol–water partition coefficient (Wildman–Crippen LogP) is 2.46. The van der Waals surface area contributed by atoms with E-state index in [1.165, 1.54) is 7.11 Å². The lowest BCUT2D eigenvalue weighted by atomic mass is 10.2. The molecule has 1 heterocycles. The molecular formula is C17H24N4O2S. The number of aromatic hydroxyl groups is 1. The fourth-order valence-electron chi connectivity index (χ4n) is 2.20. The number of aromatic nitrogens is 1. The largest absolute Gasteiger partial charge is 0.504 e. The average molecular weight is 348 g/mol. The van der Waals surface area contributed by atoms with Gasteiger partial charge in [-0.25, -0.2) is 9.98 Å². The molecule has 130 valence electrons. The van der Waals surface area contributed by atoms with Crippen LogP contribution < -0.4 is 15.4 Å². The molecule has 0 atom stereocenters. The number of guanidine groups is 1. The van der Waals surface area contributed by atoms with E-state index in [2.05, 4.69) is 26.0 Å². The smallest absolute Gasteiger partial charge is 0.191 e. The number of hydrogen-bond donors (Lipinski definition) is 3. The zero-order valence-electron chi connectivity index (χ0n) is 14.3. The second-order valence-corrected chi connectivity index (χ2v) is 6.26. The number of ether oxygens (including phenoxy) is 1. The number of methoxy groups -OCH3 is 1. The van der Waals surface area contributed by atoms with Crippen molar-refractivity contribution in [1.82, 2.24) is 15.6 Å². The van der Waals surface area contributed by atoms with E-state index in [0.29, 0.717) is 18.3 Å². The Bertz CT molecular complexity index is 685. The van der Waals surface area contributed by atoms with Crippen LogP contribution in [0.3, 0.4) is 0 Å². The molecule has 7 heteroatoms. The van der Waals surface area contributed by atoms with Gasteiger partial charge in [0, 0.05) is 30.5 Å². The van der Waals surface area contributed by atoms with Crippen molar-refractivity contribution >= 4 is 17.3 Å². The van der Waals surface area contributed by atoms with Gasteiger partial charge in [0.05, 0.1) is 24.4 Å². The second kappa shape index (κ2) is 9.12. The molecule has 0 saturated carbocycles. The Hall–Kier alpha value is -2.28. The Kier molecular flexibility index (Phi) is 6.87. The summed E-state index contributed by atoms with van der Waals surface area (Å²) in [6.45, 7) is 5.91. The summed E-state index contributed by atoms with van der Waals surface area (Å²) in [7, 11) is 1.54. The Balaban J connectivity index is 1.95. The van der Waals surface area contributed by atoms with Crippen LogP contribution >= 0.6 is 11.3 Å². The van der Waals surface area contributed by atoms with Gasteiger partial charge in [-0.15, -0.1) is 11.3 Å². The molecule has 0 aliphatic carbocycles. The van der Waals surface area contributed by atoms with E-state index in [-0.39, 0.29) is 5.75 Å². The number of phenolic OH excluding ortho intramolecular Hbond substituents is 1. The number of phenols is 1. The van der Waals surface area contributed by atoms with Crippen molar-refractivity contribution < 1.29 is 9.84 Å². The molecule has 2 aromatic rings. The molecule has 1 aromatic heterocycles. The molecule has 0 amide bonds. The highest BCUT2D eigenvalue weighted by molar-refractivity contribution is 7.09. The third-order valence-corrected chi connectivity index (χ3v) is 4.22. The van der Waals surface area contributed by atoms with Crippen molar-refractivity contribution in [2.45, 2.75) is 26.8 Å². The summed E-state index contributed by atoms with van der Waals surface area (Å²) in [6.07, 6.45) is 0.846. The number of aryl methyl sites for hydroxylation is 1. The van der Waals surface area contributed by atoms with Crippen LogP contribution in [0.25, 0.3) is 0 Å². The van der Waals surface area contributed by atoms with Gasteiger partial charge in [-0.3, -0.25) is 0 Å². The number of benzene rings is 1. The maximum absolute atomic E-state index is 10.1. The third-order valence-electron chi connectivity index (χ3n) is 3.39. The molecule has 0 aliphatic rings. The highest BCUT2D eigenvalue weighted by atomic mass is 32.1. The third kappa shape index (κ3) is 5.13. The van der Waals surface area contributed by atoms with E-state index in [1.54, 1.807) is 17.4 Å². The normalized spacial score (nSPS) is 11.4. The molecule has 6 nitrogen and oxygen atoms in total. The Morgan fingerprint density at radius 3 is 2.88 bits per heavy atom. The zero-order chi connectivity index (χ0) is 17.4. The maximum Gasteiger partial charge on any atom is 0.191 e. The van der Waals surface area contributed by atoms with Crippen molar-refractivity contribution in [1.29, 1.82) is 0 Å². The first-order valence-electron chi connectivity index (χ1n) is 7.92. The molecule has 0 spiro atoms. The van der Waals surface area contributed by atoms with E-state index < -0.39 is 0 Å². The summed E-state index contributed by atoms with van der Waals surface area (Å²) in [6, 6.07) is 5.40. The van der Waals surface area contributed by atoms with Crippen molar-refractivity contribution in [3.63, 3.8) is 0 Å². The highest BCUT2D eigenvalue weighted by Crippen LogP contribution is 2.29. The van der Waals surface area contributed by atoms with E-state index >= 15 is 0 Å². The quantitative estimate of drug-likeness (QED) is 0.529. The molecule has 0 aliphatic heterocycles. The summed E-state index contributed by atoms with van der Waals surface area (Å²) in [4.78, 5) is 8.97. The Morgan fingerprint density at radius 1 is 1.38 bits per heavy atom. The fraction of sp³-hybridized carbons (Fsp3) is 0.412. The van der Waals surface area contributed by atoms with Crippen LogP contribution in [0.2, 0.25) is 0 Å². The van der Waals surface area contributed by atoms with Crippen LogP contribution in [-0.4, -0.2) is 36.2 Å². The SMILES string of the molecule is CCNC(=NCc1cccc(OC)c1O)NCCc1csc(C)n1. The van der Waals surface area contributed by atoms with Crippen molar-refractivity contribution in [2.24, 2.45) is 4.99 Å². The van der Waals surface area contributed by atoms with Crippen molar-refractivity contribution in [2.75, 3.05) is 20.2 Å². The standard InChI is InChI=1S/C17H24N4O2S/c1-4-18-17(19-9-8-14-11-24-12(2)21-14)20-10-13-6-5-7-15(23-3)16(13)22/h5-7,11,22H,4,8-10H2,1-3H3,(H2,18,19,20). The monoisotopic (exact) mass is 348 g/mol. The zero-order valence-corrected chi connectivity index (χ0v) is 15.1. The minimum atomic E-state index is 0.137. The number of thiazole rings is 1. The lowest BCUT2D eigenvalue weighted by molar-refractivity contribution is 0.370. The summed E-state index contributed by atoms with van der Waals surface area (Å²) < 4.78 is 5.12. The number of rotatable bonds is 7. The Morgan fingerprint density at radius 2 is 2.21 bits per heavy atom. The average Bonchev–Trinajstić information content (AvgIpc) is 2.99. The minimum Gasteiger partial charge on any atom is -0.504 e. The van der Waals surface area contributed by atoms with Crippen molar-refractivity contribution in [3.05, 3.63) is 39.8 Å². The van der Waals surface area contributed by atoms with Gasteiger partial charge in [0.15, 0.2) is 17.5 Å². The molecule has 0 unspecified atom stereocenters. The summed E-state index contributed by atoms with van der Waals surface area (Å²) in [5.41, 5.74) is 1.81. The highest BCUT2D eigenvalue weighted by Gasteiger charge is 2.07. The van der Waals surface area contributed by atoms with E-state index in [1.807, 2.05) is 26.0 Å². The minimum absolute atomic E-state index is 0.137. The van der Waals surface area contributed by atoms with Gasteiger partial charge in [0.1, 0.15) is 0 Å². The van der Waals surface area contributed by atoms with Crippen molar-refractivity contribution in [3.8, 4) is 11.5 Å². The first-order chi connectivity index (χ1) is 11.6. The molecule has 0 fully saturated rings. The lowest BCUT2D eigenvalue weighted by Crippen LogP contribution is -2.38. The molecule has 0 bridgehead atoms. The first kappa shape index (κ1) is 18.1. The number of aliphatic imine (C=N–C) groups is 1. The lowest BCUT2D eigenvalue weighted by Gasteiger charge is -2.11. The van der Waals surface area contributed by atoms with Gasteiger partial charge in [-0.1, -0.05) is 12.1 Å². The molecule has 0 radical (unpaired) electrons. The predicted molar refractivity (Wildman–Crippen MR) is 98.0 cm³/mol. The molecule has 2 rings (SSSR count). The second-order valence-electron chi connectivity index (χ2n) is 5.20. The Labute approximate surface area is 146 Å². The van der Waals surface area contributed by atoms with Gasteiger partial charge in [-0.05, 0) is 19.9 Å². The van der Waals surface area contributed by atoms with Gasteiger partial charge < -0.3 is 20.5 Å². The van der Waals surface area contributed by atoms with Gasteiger partial charge in [-0.2, -0.15) is 0 Å². The fourth-order valence-corrected chi connectivity index (χ4v) is 2.85. The van der Waals surface area contributed by atoms with Gasteiger partial charge in [0.2, 0.25) is 0 Å². The summed E-state index contributed by atoms with van der Waals surface area (Å²) in [5.74, 6) is 1.31. The van der Waals surface area contributed by atoms with Gasteiger partial charge >= 0.3 is 0 Å². The van der Waals surface area contributed by atoms with Crippen LogP contribution in [0.4, 0.5) is 0 Å². The molecule has 1 aromatic carbocycles. The van der Waals surface area contributed by atoms with Gasteiger partial charge in [0.25, 0.3) is 0 Å². The number of hydrogen-bond acceptors (Lipinski definition) is 5. The van der Waals surface area contributed by atoms with Crippen LogP contribution in [0.1, 0.15) is 23.2 Å². The van der Waals surface area contributed by atoms with Crippen LogP contribution in [0.15, 0.2) is 28.6 Å². The van der Waals surface area contributed by atoms with E-state index in [0.717, 1.165) is 35.8 Å². The summed E-state index contributed by atoms with van der Waals surface area (Å²) in [5, 5.41) is 19.8. The number of nitrogens with zero attached hydrogens (tertiary/aromatic N) is 2.